The highest BCUT2D eigenvalue weighted by molar-refractivity contribution is 6.30. The average molecular weight is 166 g/mol. The van der Waals surface area contributed by atoms with Gasteiger partial charge in [-0.2, -0.15) is 0 Å². The number of pyridine rings is 1. The van der Waals surface area contributed by atoms with E-state index in [0.717, 1.165) is 11.3 Å². The van der Waals surface area contributed by atoms with Gasteiger partial charge in [-0.3, -0.25) is 0 Å². The summed E-state index contributed by atoms with van der Waals surface area (Å²) in [5.41, 5.74) is 2.66. The molecule has 11 heavy (non-hydrogen) atoms. The first-order valence-corrected chi connectivity index (χ1v) is 3.63. The van der Waals surface area contributed by atoms with E-state index in [1.54, 1.807) is 0 Å². The van der Waals surface area contributed by atoms with Crippen LogP contribution in [0, 0.1) is 26.2 Å². The molecular weight excluding hydrogens is 158 g/mol. The number of hydrogen-bond acceptors (Lipinski definition) is 1. The lowest BCUT2D eigenvalue weighted by Crippen LogP contribution is -1.90. The second kappa shape index (κ2) is 2.94. The molecule has 0 aliphatic heterocycles. The maximum absolute atomic E-state index is 5.75. The normalized spacial score (nSPS) is 9.27. The summed E-state index contributed by atoms with van der Waals surface area (Å²) >= 11 is 5.75. The molecule has 0 atom stereocenters. The SMILES string of the molecule is C#Cc1cc(C)c(C)nc1Cl. The van der Waals surface area contributed by atoms with Crippen LogP contribution in [0.1, 0.15) is 16.8 Å². The Morgan fingerprint density at radius 2 is 2.18 bits per heavy atom. The monoisotopic (exact) mass is 165 g/mol. The van der Waals surface area contributed by atoms with Crippen molar-refractivity contribution in [1.82, 2.24) is 4.98 Å². The maximum atomic E-state index is 5.75. The molecule has 0 aromatic carbocycles. The molecule has 0 bridgehead atoms. The molecule has 1 rings (SSSR count). The van der Waals surface area contributed by atoms with Crippen molar-refractivity contribution < 1.29 is 0 Å². The van der Waals surface area contributed by atoms with Crippen molar-refractivity contribution in [2.45, 2.75) is 13.8 Å². The van der Waals surface area contributed by atoms with E-state index in [2.05, 4.69) is 10.9 Å². The van der Waals surface area contributed by atoms with Crippen LogP contribution >= 0.6 is 11.6 Å². The molecule has 0 spiro atoms. The molecule has 0 unspecified atom stereocenters. The Balaban J connectivity index is 3.35. The number of hydrogen-bond donors (Lipinski definition) is 0. The lowest BCUT2D eigenvalue weighted by atomic mass is 10.2. The predicted molar refractivity (Wildman–Crippen MR) is 46.7 cm³/mol. The molecule has 0 saturated heterocycles. The maximum Gasteiger partial charge on any atom is 0.144 e. The zero-order chi connectivity index (χ0) is 8.43. The van der Waals surface area contributed by atoms with Gasteiger partial charge in [-0.1, -0.05) is 17.5 Å². The summed E-state index contributed by atoms with van der Waals surface area (Å²) in [5.74, 6) is 2.47. The minimum absolute atomic E-state index is 0.413. The van der Waals surface area contributed by atoms with Crippen molar-refractivity contribution in [3.05, 3.63) is 28.0 Å². The molecule has 56 valence electrons. The molecule has 1 heterocycles. The topological polar surface area (TPSA) is 12.9 Å². The van der Waals surface area contributed by atoms with E-state index in [9.17, 15) is 0 Å². The summed E-state index contributed by atoms with van der Waals surface area (Å²) in [4.78, 5) is 4.07. The first-order valence-electron chi connectivity index (χ1n) is 3.25. The molecule has 1 aromatic rings. The molecule has 1 aromatic heterocycles. The Morgan fingerprint density at radius 3 is 2.73 bits per heavy atom. The van der Waals surface area contributed by atoms with Crippen LogP contribution in [0.25, 0.3) is 0 Å². The molecule has 0 N–H and O–H groups in total. The largest absolute Gasteiger partial charge is 0.240 e. The number of rotatable bonds is 0. The van der Waals surface area contributed by atoms with Crippen LogP contribution in [0.4, 0.5) is 0 Å². The van der Waals surface area contributed by atoms with Gasteiger partial charge in [0.15, 0.2) is 0 Å². The summed E-state index contributed by atoms with van der Waals surface area (Å²) in [6.45, 7) is 3.86. The number of aryl methyl sites for hydroxylation is 2. The third kappa shape index (κ3) is 1.53. The van der Waals surface area contributed by atoms with E-state index in [1.165, 1.54) is 0 Å². The zero-order valence-corrected chi connectivity index (χ0v) is 7.24. The van der Waals surface area contributed by atoms with Crippen LogP contribution < -0.4 is 0 Å². The van der Waals surface area contributed by atoms with Crippen LogP contribution in [0.2, 0.25) is 5.15 Å². The molecule has 2 heteroatoms. The standard InChI is InChI=1S/C9H8ClN/c1-4-8-5-6(2)7(3)11-9(8)10/h1,5H,2-3H3. The summed E-state index contributed by atoms with van der Waals surface area (Å²) in [6.07, 6.45) is 5.20. The predicted octanol–water partition coefficient (Wildman–Crippen LogP) is 2.33. The van der Waals surface area contributed by atoms with Crippen molar-refractivity contribution in [3.8, 4) is 12.3 Å². The zero-order valence-electron chi connectivity index (χ0n) is 6.48. The summed E-state index contributed by atoms with van der Waals surface area (Å²) in [6, 6.07) is 1.87. The minimum Gasteiger partial charge on any atom is -0.240 e. The van der Waals surface area contributed by atoms with Gasteiger partial charge in [0.05, 0.1) is 5.56 Å². The second-order valence-electron chi connectivity index (χ2n) is 2.37. The van der Waals surface area contributed by atoms with Crippen LogP contribution in [0.15, 0.2) is 6.07 Å². The van der Waals surface area contributed by atoms with Gasteiger partial charge in [-0.05, 0) is 25.5 Å². The van der Waals surface area contributed by atoms with Crippen molar-refractivity contribution in [3.63, 3.8) is 0 Å². The van der Waals surface area contributed by atoms with Crippen LogP contribution in [0.3, 0.4) is 0 Å². The Kier molecular flexibility index (Phi) is 2.16. The van der Waals surface area contributed by atoms with Gasteiger partial charge in [0.25, 0.3) is 0 Å². The number of halogens is 1. The van der Waals surface area contributed by atoms with Crippen LogP contribution in [0.5, 0.6) is 0 Å². The summed E-state index contributed by atoms with van der Waals surface area (Å²) < 4.78 is 0. The van der Waals surface area contributed by atoms with Crippen molar-refractivity contribution in [1.29, 1.82) is 0 Å². The molecule has 0 saturated carbocycles. The van der Waals surface area contributed by atoms with E-state index in [0.29, 0.717) is 10.7 Å². The van der Waals surface area contributed by atoms with Gasteiger partial charge in [-0.15, -0.1) is 6.42 Å². The second-order valence-corrected chi connectivity index (χ2v) is 2.73. The van der Waals surface area contributed by atoms with Gasteiger partial charge < -0.3 is 0 Å². The number of nitrogens with zero attached hydrogens (tertiary/aromatic N) is 1. The molecule has 0 aliphatic carbocycles. The molecule has 0 aliphatic rings. The Morgan fingerprint density at radius 1 is 1.55 bits per heavy atom. The van der Waals surface area contributed by atoms with Gasteiger partial charge >= 0.3 is 0 Å². The van der Waals surface area contributed by atoms with E-state index < -0.39 is 0 Å². The fourth-order valence-electron chi connectivity index (χ4n) is 0.777. The quantitative estimate of drug-likeness (QED) is 0.425. The molecule has 1 nitrogen and oxygen atoms in total. The van der Waals surface area contributed by atoms with E-state index in [-0.39, 0.29) is 0 Å². The van der Waals surface area contributed by atoms with Gasteiger partial charge in [0.2, 0.25) is 0 Å². The summed E-state index contributed by atoms with van der Waals surface area (Å²) in [7, 11) is 0. The van der Waals surface area contributed by atoms with Gasteiger partial charge in [-0.25, -0.2) is 4.98 Å². The molecule has 0 radical (unpaired) electrons. The lowest BCUT2D eigenvalue weighted by Gasteiger charge is -2.00. The Labute approximate surface area is 71.4 Å². The minimum atomic E-state index is 0.413. The fraction of sp³-hybridized carbons (Fsp3) is 0.222. The van der Waals surface area contributed by atoms with Crippen LogP contribution in [-0.4, -0.2) is 4.98 Å². The molecule has 0 fully saturated rings. The van der Waals surface area contributed by atoms with E-state index in [4.69, 9.17) is 18.0 Å². The third-order valence-corrected chi connectivity index (χ3v) is 1.86. The third-order valence-electron chi connectivity index (χ3n) is 1.58. The van der Waals surface area contributed by atoms with Crippen molar-refractivity contribution in [2.75, 3.05) is 0 Å². The summed E-state index contributed by atoms with van der Waals surface area (Å²) in [5, 5.41) is 0.413. The Hall–Kier alpha value is -1.00. The highest BCUT2D eigenvalue weighted by Crippen LogP contribution is 2.15. The van der Waals surface area contributed by atoms with Crippen molar-refractivity contribution >= 4 is 11.6 Å². The first kappa shape index (κ1) is 8.10. The van der Waals surface area contributed by atoms with E-state index in [1.807, 2.05) is 19.9 Å². The van der Waals surface area contributed by atoms with Crippen molar-refractivity contribution in [2.24, 2.45) is 0 Å². The lowest BCUT2D eigenvalue weighted by molar-refractivity contribution is 1.14. The molecule has 0 amide bonds. The first-order chi connectivity index (χ1) is 5.15. The van der Waals surface area contributed by atoms with Gasteiger partial charge in [0.1, 0.15) is 5.15 Å². The number of terminal acetylenes is 1. The van der Waals surface area contributed by atoms with E-state index >= 15 is 0 Å². The van der Waals surface area contributed by atoms with Gasteiger partial charge in [0, 0.05) is 5.69 Å². The average Bonchev–Trinajstić information content (AvgIpc) is 1.97. The smallest absolute Gasteiger partial charge is 0.144 e. The highest BCUT2D eigenvalue weighted by Gasteiger charge is 2.01. The fourth-order valence-corrected chi connectivity index (χ4v) is 1.01. The highest BCUT2D eigenvalue weighted by atomic mass is 35.5. The number of aromatic nitrogens is 1. The Bertz CT molecular complexity index is 323. The molecular formula is C9H8ClN. The van der Waals surface area contributed by atoms with Crippen LogP contribution in [-0.2, 0) is 0 Å².